The summed E-state index contributed by atoms with van der Waals surface area (Å²) in [7, 11) is 5.11. The van der Waals surface area contributed by atoms with Gasteiger partial charge in [-0.05, 0) is 0 Å². The van der Waals surface area contributed by atoms with E-state index in [0.717, 1.165) is 0 Å². The van der Waals surface area contributed by atoms with Crippen molar-refractivity contribution in [2.75, 3.05) is 26.1 Å². The van der Waals surface area contributed by atoms with Crippen molar-refractivity contribution in [3.63, 3.8) is 0 Å². The van der Waals surface area contributed by atoms with E-state index in [0.29, 0.717) is 15.9 Å². The Labute approximate surface area is 85.3 Å². The standard InChI is InChI=1S/C7H11N3O3S/c1-9(2)7-8-6(13-3)5(14-7)4-10(11)12/h4H2,1-3H3. The van der Waals surface area contributed by atoms with Gasteiger partial charge in [0.05, 0.1) is 7.11 Å². The van der Waals surface area contributed by atoms with E-state index in [1.54, 1.807) is 4.90 Å². The molecule has 0 aromatic carbocycles. The second-order valence-electron chi connectivity index (χ2n) is 2.81. The van der Waals surface area contributed by atoms with Crippen molar-refractivity contribution in [1.29, 1.82) is 0 Å². The minimum atomic E-state index is -0.393. The molecule has 78 valence electrons. The Kier molecular flexibility index (Phi) is 3.23. The van der Waals surface area contributed by atoms with Crippen LogP contribution in [0.2, 0.25) is 0 Å². The first-order chi connectivity index (χ1) is 6.54. The third kappa shape index (κ3) is 2.32. The van der Waals surface area contributed by atoms with Gasteiger partial charge in [0, 0.05) is 19.0 Å². The molecule has 1 heterocycles. The lowest BCUT2D eigenvalue weighted by Gasteiger charge is -2.04. The highest BCUT2D eigenvalue weighted by atomic mass is 32.1. The first-order valence-corrected chi connectivity index (χ1v) is 4.69. The minimum Gasteiger partial charge on any atom is -0.480 e. The van der Waals surface area contributed by atoms with Crippen LogP contribution in [-0.2, 0) is 6.54 Å². The molecule has 0 saturated heterocycles. The molecule has 0 N–H and O–H groups in total. The summed E-state index contributed by atoms with van der Waals surface area (Å²) in [4.78, 5) is 16.4. The van der Waals surface area contributed by atoms with E-state index < -0.39 is 4.92 Å². The van der Waals surface area contributed by atoms with Gasteiger partial charge in [0.25, 0.3) is 0 Å². The van der Waals surface area contributed by atoms with E-state index in [1.165, 1.54) is 18.4 Å². The number of thiazole rings is 1. The van der Waals surface area contributed by atoms with Gasteiger partial charge in [-0.2, -0.15) is 4.98 Å². The molecule has 1 aromatic heterocycles. The molecule has 1 rings (SSSR count). The molecule has 0 bridgehead atoms. The molecule has 6 nitrogen and oxygen atoms in total. The highest BCUT2D eigenvalue weighted by Gasteiger charge is 2.17. The van der Waals surface area contributed by atoms with Crippen molar-refractivity contribution in [3.8, 4) is 5.88 Å². The molecule has 0 spiro atoms. The van der Waals surface area contributed by atoms with E-state index >= 15 is 0 Å². The molecule has 0 fully saturated rings. The van der Waals surface area contributed by atoms with Crippen LogP contribution in [0.5, 0.6) is 5.88 Å². The Morgan fingerprint density at radius 1 is 1.64 bits per heavy atom. The second-order valence-corrected chi connectivity index (χ2v) is 3.88. The van der Waals surface area contributed by atoms with E-state index in [1.807, 2.05) is 14.1 Å². The van der Waals surface area contributed by atoms with Crippen LogP contribution in [0, 0.1) is 10.1 Å². The van der Waals surface area contributed by atoms with Crippen molar-refractivity contribution >= 4 is 16.5 Å². The van der Waals surface area contributed by atoms with Crippen LogP contribution in [-0.4, -0.2) is 31.1 Å². The predicted molar refractivity (Wildman–Crippen MR) is 53.7 cm³/mol. The summed E-state index contributed by atoms with van der Waals surface area (Å²) in [6, 6.07) is 0. The number of aromatic nitrogens is 1. The van der Waals surface area contributed by atoms with Crippen molar-refractivity contribution in [3.05, 3.63) is 15.0 Å². The van der Waals surface area contributed by atoms with Crippen LogP contribution in [0.1, 0.15) is 4.88 Å². The van der Waals surface area contributed by atoms with E-state index in [4.69, 9.17) is 4.74 Å². The first kappa shape index (κ1) is 10.7. The number of anilines is 1. The van der Waals surface area contributed by atoms with Gasteiger partial charge in [0.1, 0.15) is 4.88 Å². The lowest BCUT2D eigenvalue weighted by atomic mass is 10.5. The van der Waals surface area contributed by atoms with Crippen LogP contribution in [0.3, 0.4) is 0 Å². The second kappa shape index (κ2) is 4.23. The molecule has 14 heavy (non-hydrogen) atoms. The monoisotopic (exact) mass is 217 g/mol. The fourth-order valence-corrected chi connectivity index (χ4v) is 1.81. The van der Waals surface area contributed by atoms with Gasteiger partial charge in [-0.3, -0.25) is 10.1 Å². The fraction of sp³-hybridized carbons (Fsp3) is 0.571. The first-order valence-electron chi connectivity index (χ1n) is 3.87. The highest BCUT2D eigenvalue weighted by molar-refractivity contribution is 7.15. The predicted octanol–water partition coefficient (Wildman–Crippen LogP) is 0.994. The van der Waals surface area contributed by atoms with Gasteiger partial charge in [-0.1, -0.05) is 11.3 Å². The average Bonchev–Trinajstić information content (AvgIpc) is 2.46. The van der Waals surface area contributed by atoms with E-state index in [2.05, 4.69) is 4.98 Å². The number of hydrogen-bond donors (Lipinski definition) is 0. The zero-order valence-corrected chi connectivity index (χ0v) is 9.00. The summed E-state index contributed by atoms with van der Waals surface area (Å²) in [5.74, 6) is 0.343. The van der Waals surface area contributed by atoms with Gasteiger partial charge in [-0.15, -0.1) is 0 Å². The van der Waals surface area contributed by atoms with Crippen LogP contribution in [0.4, 0.5) is 5.13 Å². The van der Waals surface area contributed by atoms with Gasteiger partial charge >= 0.3 is 0 Å². The summed E-state index contributed by atoms with van der Waals surface area (Å²) in [5.41, 5.74) is 0. The topological polar surface area (TPSA) is 68.5 Å². The maximum Gasteiger partial charge on any atom is 0.243 e. The molecule has 0 aliphatic heterocycles. The summed E-state index contributed by atoms with van der Waals surface area (Å²) in [5, 5.41) is 11.0. The zero-order chi connectivity index (χ0) is 10.7. The van der Waals surface area contributed by atoms with Crippen molar-refractivity contribution in [1.82, 2.24) is 4.98 Å². The SMILES string of the molecule is COc1nc(N(C)C)sc1C[N+](=O)[O-]. The summed E-state index contributed by atoms with van der Waals surface area (Å²) in [6.07, 6.45) is 0. The molecule has 0 unspecified atom stereocenters. The maximum absolute atomic E-state index is 10.3. The highest BCUT2D eigenvalue weighted by Crippen LogP contribution is 2.30. The van der Waals surface area contributed by atoms with Crippen molar-refractivity contribution < 1.29 is 9.66 Å². The van der Waals surface area contributed by atoms with Crippen LogP contribution >= 0.6 is 11.3 Å². The lowest BCUT2D eigenvalue weighted by Crippen LogP contribution is -2.07. The summed E-state index contributed by atoms with van der Waals surface area (Å²) < 4.78 is 4.95. The largest absolute Gasteiger partial charge is 0.480 e. The summed E-state index contributed by atoms with van der Waals surface area (Å²) in [6.45, 7) is -0.241. The maximum atomic E-state index is 10.3. The molecular formula is C7H11N3O3S. The molecule has 0 aliphatic carbocycles. The smallest absolute Gasteiger partial charge is 0.243 e. The number of rotatable bonds is 4. The molecule has 0 atom stereocenters. The Bertz CT molecular complexity index is 337. The van der Waals surface area contributed by atoms with Crippen molar-refractivity contribution in [2.45, 2.75) is 6.54 Å². The van der Waals surface area contributed by atoms with Crippen molar-refractivity contribution in [2.24, 2.45) is 0 Å². The normalized spacial score (nSPS) is 9.93. The summed E-state index contributed by atoms with van der Waals surface area (Å²) >= 11 is 1.27. The molecule has 0 radical (unpaired) electrons. The fourth-order valence-electron chi connectivity index (χ4n) is 0.894. The van der Waals surface area contributed by atoms with Gasteiger partial charge in [0.2, 0.25) is 12.4 Å². The lowest BCUT2D eigenvalue weighted by molar-refractivity contribution is -0.496. The minimum absolute atomic E-state index is 0.241. The zero-order valence-electron chi connectivity index (χ0n) is 8.18. The Hall–Kier alpha value is -1.37. The third-order valence-corrected chi connectivity index (χ3v) is 2.69. The van der Waals surface area contributed by atoms with E-state index in [-0.39, 0.29) is 6.54 Å². The Morgan fingerprint density at radius 3 is 2.71 bits per heavy atom. The van der Waals surface area contributed by atoms with E-state index in [9.17, 15) is 10.1 Å². The number of methoxy groups -OCH3 is 1. The number of hydrogen-bond acceptors (Lipinski definition) is 6. The van der Waals surface area contributed by atoms with Gasteiger partial charge in [0.15, 0.2) is 5.13 Å². The van der Waals surface area contributed by atoms with Crippen LogP contribution < -0.4 is 9.64 Å². The quantitative estimate of drug-likeness (QED) is 0.555. The van der Waals surface area contributed by atoms with Gasteiger partial charge in [-0.25, -0.2) is 0 Å². The van der Waals surface area contributed by atoms with Gasteiger partial charge < -0.3 is 9.64 Å². The van der Waals surface area contributed by atoms with Crippen LogP contribution in [0.15, 0.2) is 0 Å². The molecule has 0 saturated carbocycles. The Morgan fingerprint density at radius 2 is 2.29 bits per heavy atom. The molecule has 7 heteroatoms. The molecule has 0 aliphatic rings. The third-order valence-electron chi connectivity index (χ3n) is 1.50. The Balaban J connectivity index is 2.96. The average molecular weight is 217 g/mol. The number of ether oxygens (including phenoxy) is 1. The molecule has 1 aromatic rings. The number of nitrogens with zero attached hydrogens (tertiary/aromatic N) is 3. The molecular weight excluding hydrogens is 206 g/mol. The molecule has 0 amide bonds. The number of nitro groups is 1. The van der Waals surface area contributed by atoms with Crippen LogP contribution in [0.25, 0.3) is 0 Å².